The third-order valence-electron chi connectivity index (χ3n) is 5.78. The predicted octanol–water partition coefficient (Wildman–Crippen LogP) is 3.16. The summed E-state index contributed by atoms with van der Waals surface area (Å²) in [4.78, 5) is 28.7. The van der Waals surface area contributed by atoms with E-state index in [1.165, 1.54) is 30.7 Å². The van der Waals surface area contributed by atoms with Crippen LogP contribution >= 0.6 is 0 Å². The molecule has 0 aliphatic carbocycles. The van der Waals surface area contributed by atoms with Gasteiger partial charge in [0.15, 0.2) is 6.61 Å². The third-order valence-corrected chi connectivity index (χ3v) is 7.57. The average Bonchev–Trinajstić information content (AvgIpc) is 3.01. The number of benzene rings is 3. The van der Waals surface area contributed by atoms with Crippen LogP contribution in [0.1, 0.15) is 11.1 Å². The zero-order chi connectivity index (χ0) is 28.9. The number of nitrogens with one attached hydrogen (secondary N) is 2. The van der Waals surface area contributed by atoms with Crippen molar-refractivity contribution in [3.63, 3.8) is 0 Å². The van der Waals surface area contributed by atoms with Gasteiger partial charge in [0.25, 0.3) is 21.8 Å². The van der Waals surface area contributed by atoms with Gasteiger partial charge in [0.2, 0.25) is 0 Å². The molecular formula is C30H29N5O5S. The summed E-state index contributed by atoms with van der Waals surface area (Å²) in [5, 5.41) is 6.76. The number of hydrogen-bond donors (Lipinski definition) is 2. The van der Waals surface area contributed by atoms with E-state index in [-0.39, 0.29) is 23.1 Å². The molecule has 4 aromatic rings. The molecule has 0 radical (unpaired) electrons. The lowest BCUT2D eigenvalue weighted by molar-refractivity contribution is -0.123. The number of carbonyl (C=O) groups excluding carboxylic acids is 2. The van der Waals surface area contributed by atoms with E-state index >= 15 is 0 Å². The maximum atomic E-state index is 13.2. The molecule has 210 valence electrons. The third kappa shape index (κ3) is 8.73. The smallest absolute Gasteiger partial charge is 0.264 e. The molecule has 1 aromatic heterocycles. The number of hydrazone groups is 1. The summed E-state index contributed by atoms with van der Waals surface area (Å²) in [6, 6.07) is 27.6. The second-order valence-corrected chi connectivity index (χ2v) is 10.6. The fourth-order valence-electron chi connectivity index (χ4n) is 3.72. The van der Waals surface area contributed by atoms with E-state index in [1.54, 1.807) is 54.6 Å². The van der Waals surface area contributed by atoms with E-state index in [2.05, 4.69) is 20.8 Å². The average molecular weight is 572 g/mol. The molecule has 41 heavy (non-hydrogen) atoms. The largest absolute Gasteiger partial charge is 0.484 e. The normalized spacial score (nSPS) is 11.1. The zero-order valence-corrected chi connectivity index (χ0v) is 22.9. The molecule has 0 bridgehead atoms. The fourth-order valence-corrected chi connectivity index (χ4v) is 5.15. The van der Waals surface area contributed by atoms with E-state index in [0.717, 1.165) is 16.3 Å². The SMILES string of the molecule is O=C(COc1ccc(/C=N\NC(=O)CN(c2cccnc2)S(=O)(=O)c2ccccc2)cc1)NCCc1ccccc1. The van der Waals surface area contributed by atoms with Crippen molar-refractivity contribution in [1.82, 2.24) is 15.7 Å². The second-order valence-electron chi connectivity index (χ2n) is 8.77. The lowest BCUT2D eigenvalue weighted by Crippen LogP contribution is -2.39. The van der Waals surface area contributed by atoms with E-state index in [9.17, 15) is 18.0 Å². The summed E-state index contributed by atoms with van der Waals surface area (Å²) in [6.07, 6.45) is 5.04. The van der Waals surface area contributed by atoms with Gasteiger partial charge >= 0.3 is 0 Å². The van der Waals surface area contributed by atoms with Gasteiger partial charge in [-0.2, -0.15) is 5.10 Å². The van der Waals surface area contributed by atoms with Gasteiger partial charge in [0.05, 0.1) is 23.0 Å². The first kappa shape index (κ1) is 29.0. The topological polar surface area (TPSA) is 130 Å². The monoisotopic (exact) mass is 571 g/mol. The maximum Gasteiger partial charge on any atom is 0.264 e. The second kappa shape index (κ2) is 14.4. The summed E-state index contributed by atoms with van der Waals surface area (Å²) in [6.45, 7) is -0.0937. The molecule has 0 aliphatic heterocycles. The number of nitrogens with zero attached hydrogens (tertiary/aromatic N) is 3. The Morgan fingerprint density at radius 3 is 2.27 bits per heavy atom. The number of aromatic nitrogens is 1. The van der Waals surface area contributed by atoms with Gasteiger partial charge in [-0.3, -0.25) is 18.9 Å². The molecule has 2 N–H and O–H groups in total. The van der Waals surface area contributed by atoms with E-state index in [0.29, 0.717) is 17.9 Å². The molecule has 10 nitrogen and oxygen atoms in total. The van der Waals surface area contributed by atoms with Crippen LogP contribution in [-0.2, 0) is 26.0 Å². The van der Waals surface area contributed by atoms with Crippen molar-refractivity contribution in [3.05, 3.63) is 121 Å². The van der Waals surface area contributed by atoms with Crippen LogP contribution in [0.5, 0.6) is 5.75 Å². The number of amides is 2. The number of pyridine rings is 1. The van der Waals surface area contributed by atoms with Crippen molar-refractivity contribution < 1.29 is 22.7 Å². The summed E-state index contributed by atoms with van der Waals surface area (Å²) in [5.74, 6) is -0.352. The van der Waals surface area contributed by atoms with Crippen molar-refractivity contribution in [3.8, 4) is 5.75 Å². The Bertz CT molecular complexity index is 1550. The van der Waals surface area contributed by atoms with Gasteiger partial charge < -0.3 is 10.1 Å². The van der Waals surface area contributed by atoms with Gasteiger partial charge in [-0.1, -0.05) is 48.5 Å². The van der Waals surface area contributed by atoms with Crippen molar-refractivity contribution in [1.29, 1.82) is 0 Å². The fraction of sp³-hybridized carbons (Fsp3) is 0.133. The Morgan fingerprint density at radius 2 is 1.59 bits per heavy atom. The molecule has 1 heterocycles. The first-order valence-electron chi connectivity index (χ1n) is 12.7. The lowest BCUT2D eigenvalue weighted by Gasteiger charge is -2.23. The molecule has 0 aliphatic rings. The van der Waals surface area contributed by atoms with Crippen LogP contribution < -0.4 is 19.8 Å². The summed E-state index contributed by atoms with van der Waals surface area (Å²) in [5.41, 5.74) is 4.41. The van der Waals surface area contributed by atoms with Crippen LogP contribution in [0.25, 0.3) is 0 Å². The number of rotatable bonds is 13. The number of sulfonamides is 1. The van der Waals surface area contributed by atoms with Crippen molar-refractivity contribution in [2.75, 3.05) is 24.0 Å². The Kier molecular flexibility index (Phi) is 10.2. The molecule has 2 amide bonds. The van der Waals surface area contributed by atoms with Gasteiger partial charge in [-0.15, -0.1) is 0 Å². The first-order valence-corrected chi connectivity index (χ1v) is 14.2. The standard InChI is InChI=1S/C30H29N5O5S/c36-29(22-35(26-10-7-18-31-21-26)41(38,39)28-11-5-2-6-12-28)34-33-20-25-13-15-27(16-14-25)40-23-30(37)32-19-17-24-8-3-1-4-9-24/h1-16,18,20-21H,17,19,22-23H2,(H,32,37)(H,34,36)/b33-20-. The van der Waals surface area contributed by atoms with Crippen LogP contribution in [0.4, 0.5) is 5.69 Å². The lowest BCUT2D eigenvalue weighted by atomic mass is 10.1. The minimum absolute atomic E-state index is 0.0483. The van der Waals surface area contributed by atoms with E-state index < -0.39 is 22.5 Å². The maximum absolute atomic E-state index is 13.2. The summed E-state index contributed by atoms with van der Waals surface area (Å²) in [7, 11) is -4.02. The van der Waals surface area contributed by atoms with Gasteiger partial charge in [-0.25, -0.2) is 13.8 Å². The number of anilines is 1. The molecular weight excluding hydrogens is 542 g/mol. The van der Waals surface area contributed by atoms with Crippen molar-refractivity contribution in [2.24, 2.45) is 5.10 Å². The van der Waals surface area contributed by atoms with Gasteiger partial charge in [0.1, 0.15) is 12.3 Å². The number of carbonyl (C=O) groups is 2. The van der Waals surface area contributed by atoms with E-state index in [4.69, 9.17) is 4.74 Å². The van der Waals surface area contributed by atoms with E-state index in [1.807, 2.05) is 30.3 Å². The van der Waals surface area contributed by atoms with Crippen molar-refractivity contribution in [2.45, 2.75) is 11.3 Å². The minimum atomic E-state index is -4.02. The molecule has 0 atom stereocenters. The Hall–Kier alpha value is -5.03. The molecule has 0 fully saturated rings. The number of ether oxygens (including phenoxy) is 1. The van der Waals surface area contributed by atoms with Crippen LogP contribution in [-0.4, -0.2) is 51.1 Å². The highest BCUT2D eigenvalue weighted by atomic mass is 32.2. The minimum Gasteiger partial charge on any atom is -0.484 e. The zero-order valence-electron chi connectivity index (χ0n) is 22.1. The predicted molar refractivity (Wildman–Crippen MR) is 156 cm³/mol. The molecule has 0 spiro atoms. The molecule has 11 heteroatoms. The highest BCUT2D eigenvalue weighted by Gasteiger charge is 2.27. The first-order chi connectivity index (χ1) is 19.9. The number of hydrogen-bond acceptors (Lipinski definition) is 7. The van der Waals surface area contributed by atoms with Crippen LogP contribution in [0, 0.1) is 0 Å². The molecule has 0 unspecified atom stereocenters. The van der Waals surface area contributed by atoms with Crippen LogP contribution in [0.15, 0.2) is 119 Å². The molecule has 0 saturated heterocycles. The Morgan fingerprint density at radius 1 is 0.878 bits per heavy atom. The highest BCUT2D eigenvalue weighted by molar-refractivity contribution is 7.92. The Labute approximate surface area is 238 Å². The molecule has 0 saturated carbocycles. The van der Waals surface area contributed by atoms with Crippen molar-refractivity contribution >= 4 is 33.7 Å². The summed E-state index contributed by atoms with van der Waals surface area (Å²) >= 11 is 0. The van der Waals surface area contributed by atoms with Crippen LogP contribution in [0.3, 0.4) is 0 Å². The highest BCUT2D eigenvalue weighted by Crippen LogP contribution is 2.22. The molecule has 3 aromatic carbocycles. The Balaban J connectivity index is 1.27. The molecule has 4 rings (SSSR count). The van der Waals surface area contributed by atoms with Crippen LogP contribution in [0.2, 0.25) is 0 Å². The van der Waals surface area contributed by atoms with Gasteiger partial charge in [0, 0.05) is 12.7 Å². The van der Waals surface area contributed by atoms with Gasteiger partial charge in [-0.05, 0) is 66.1 Å². The summed E-state index contributed by atoms with van der Waals surface area (Å²) < 4.78 is 33.0. The quantitative estimate of drug-likeness (QED) is 0.187.